The van der Waals surface area contributed by atoms with Crippen LogP contribution >= 0.6 is 0 Å². The van der Waals surface area contributed by atoms with Crippen molar-refractivity contribution in [3.8, 4) is 0 Å². The smallest absolute Gasteiger partial charge is 0.244 e. The minimum Gasteiger partial charge on any atom is -0.390 e. The van der Waals surface area contributed by atoms with Crippen molar-refractivity contribution in [3.05, 3.63) is 29.8 Å². The summed E-state index contributed by atoms with van der Waals surface area (Å²) in [5.74, 6) is 0.977. The Morgan fingerprint density at radius 1 is 1.09 bits per heavy atom. The molecule has 0 spiro atoms. The third-order valence-corrected chi connectivity index (χ3v) is 10.9. The largest absolute Gasteiger partial charge is 0.390 e. The van der Waals surface area contributed by atoms with Crippen LogP contribution in [-0.2, 0) is 20.2 Å². The molecule has 33 heavy (non-hydrogen) atoms. The molecule has 6 rings (SSSR count). The van der Waals surface area contributed by atoms with Crippen LogP contribution in [0.1, 0.15) is 78.2 Å². The Bertz CT molecular complexity index is 1030. The number of sulfonamides is 1. The van der Waals surface area contributed by atoms with E-state index in [4.69, 9.17) is 0 Å². The molecule has 6 nitrogen and oxygen atoms in total. The van der Waals surface area contributed by atoms with Crippen LogP contribution in [0.2, 0.25) is 0 Å². The first-order valence-corrected chi connectivity index (χ1v) is 13.9. The Morgan fingerprint density at radius 3 is 2.24 bits per heavy atom. The zero-order chi connectivity index (χ0) is 23.8. The van der Waals surface area contributed by atoms with Gasteiger partial charge in [0, 0.05) is 12.6 Å². The maximum atomic E-state index is 13.6. The molecule has 4 bridgehead atoms. The maximum Gasteiger partial charge on any atom is 0.244 e. The van der Waals surface area contributed by atoms with E-state index < -0.39 is 21.2 Å². The second-order valence-corrected chi connectivity index (χ2v) is 14.3. The normalized spacial score (nSPS) is 38.6. The number of rotatable bonds is 4. The highest BCUT2D eigenvalue weighted by atomic mass is 32.2. The van der Waals surface area contributed by atoms with E-state index in [1.165, 1.54) is 4.31 Å². The lowest BCUT2D eigenvalue weighted by molar-refractivity contribution is -0.150. The molecule has 7 heteroatoms. The average Bonchev–Trinajstić information content (AvgIpc) is 3.12. The van der Waals surface area contributed by atoms with Crippen molar-refractivity contribution < 1.29 is 18.3 Å². The first kappa shape index (κ1) is 23.3. The first-order chi connectivity index (χ1) is 15.3. The van der Waals surface area contributed by atoms with Crippen LogP contribution in [0.25, 0.3) is 0 Å². The molecule has 2 unspecified atom stereocenters. The zero-order valence-corrected chi connectivity index (χ0v) is 21.1. The van der Waals surface area contributed by atoms with Gasteiger partial charge < -0.3 is 10.4 Å². The van der Waals surface area contributed by atoms with Crippen LogP contribution < -0.4 is 5.32 Å². The van der Waals surface area contributed by atoms with Crippen LogP contribution in [0.4, 0.5) is 0 Å². The summed E-state index contributed by atoms with van der Waals surface area (Å²) >= 11 is 0. The highest BCUT2D eigenvalue weighted by Crippen LogP contribution is 2.55. The van der Waals surface area contributed by atoms with Crippen molar-refractivity contribution >= 4 is 15.9 Å². The van der Waals surface area contributed by atoms with E-state index >= 15 is 0 Å². The van der Waals surface area contributed by atoms with Gasteiger partial charge in [0.25, 0.3) is 0 Å². The quantitative estimate of drug-likeness (QED) is 0.698. The van der Waals surface area contributed by atoms with Crippen molar-refractivity contribution in [2.24, 2.45) is 17.8 Å². The van der Waals surface area contributed by atoms with E-state index in [1.807, 2.05) is 12.1 Å². The second kappa shape index (κ2) is 7.53. The van der Waals surface area contributed by atoms with Crippen LogP contribution in [0, 0.1) is 17.8 Å². The second-order valence-electron chi connectivity index (χ2n) is 12.4. The number of carbonyl (C=O) groups excluding carboxylic acids is 1. The number of benzene rings is 1. The van der Waals surface area contributed by atoms with Gasteiger partial charge in [0.1, 0.15) is 5.54 Å². The topological polar surface area (TPSA) is 86.7 Å². The molecule has 0 aromatic heterocycles. The maximum absolute atomic E-state index is 13.6. The van der Waals surface area contributed by atoms with Gasteiger partial charge in [-0.2, -0.15) is 4.31 Å². The molecule has 1 saturated heterocycles. The van der Waals surface area contributed by atoms with Crippen molar-refractivity contribution in [2.75, 3.05) is 6.54 Å². The van der Waals surface area contributed by atoms with Gasteiger partial charge in [-0.1, -0.05) is 32.9 Å². The highest BCUT2D eigenvalue weighted by molar-refractivity contribution is 7.89. The molecule has 1 aliphatic heterocycles. The number of nitrogens with zero attached hydrogens (tertiary/aromatic N) is 1. The highest BCUT2D eigenvalue weighted by Gasteiger charge is 2.57. The van der Waals surface area contributed by atoms with Gasteiger partial charge in [-0.25, -0.2) is 8.42 Å². The number of nitrogens with one attached hydrogen (secondary N) is 1. The molecule has 1 amide bonds. The standard InChI is InChI=1S/C26H38N2O4S/c1-24(2,3)20-6-8-21(9-7-20)33(31,32)28-11-5-10-25(28,4)23(29)27-22-18-12-17-13-19(22)16-26(30,14-17)15-18/h6-9,17-19,22,30H,5,10-16H2,1-4H3,(H,27,29)/t17?,18?,19?,22?,25-,26?/m1/s1. The van der Waals surface area contributed by atoms with Gasteiger partial charge in [0.05, 0.1) is 10.5 Å². The van der Waals surface area contributed by atoms with Crippen LogP contribution in [0.3, 0.4) is 0 Å². The van der Waals surface area contributed by atoms with Crippen LogP contribution in [0.5, 0.6) is 0 Å². The predicted molar refractivity (Wildman–Crippen MR) is 127 cm³/mol. The summed E-state index contributed by atoms with van der Waals surface area (Å²) in [7, 11) is -3.79. The van der Waals surface area contributed by atoms with Gasteiger partial charge in [-0.3, -0.25) is 4.79 Å². The fraction of sp³-hybridized carbons (Fsp3) is 0.731. The lowest BCUT2D eigenvalue weighted by Crippen LogP contribution is -2.65. The third kappa shape index (κ3) is 3.84. The van der Waals surface area contributed by atoms with E-state index in [0.717, 1.165) is 37.7 Å². The van der Waals surface area contributed by atoms with Gasteiger partial charge >= 0.3 is 0 Å². The number of aliphatic hydroxyl groups is 1. The number of hydrogen-bond donors (Lipinski definition) is 2. The SMILES string of the molecule is CC(C)(C)c1ccc(S(=O)(=O)N2CCC[C@]2(C)C(=O)NC2C3CC4CC2CC(O)(C4)C3)cc1. The van der Waals surface area contributed by atoms with Gasteiger partial charge in [-0.05, 0) is 92.7 Å². The molecule has 5 aliphatic rings. The molecule has 1 heterocycles. The monoisotopic (exact) mass is 474 g/mol. The summed E-state index contributed by atoms with van der Waals surface area (Å²) in [5, 5.41) is 14.1. The molecule has 182 valence electrons. The van der Waals surface area contributed by atoms with Gasteiger partial charge in [-0.15, -0.1) is 0 Å². The zero-order valence-electron chi connectivity index (χ0n) is 20.3. The molecule has 1 aromatic rings. The minimum absolute atomic E-state index is 0.0439. The lowest BCUT2D eigenvalue weighted by Gasteiger charge is -2.58. The minimum atomic E-state index is -3.79. The Labute approximate surface area is 198 Å². The van der Waals surface area contributed by atoms with Gasteiger partial charge in [0.2, 0.25) is 15.9 Å². The predicted octanol–water partition coefficient (Wildman–Crippen LogP) is 3.58. The van der Waals surface area contributed by atoms with Gasteiger partial charge in [0.15, 0.2) is 0 Å². The third-order valence-electron chi connectivity index (χ3n) is 8.91. The molecular formula is C26H38N2O4S. The summed E-state index contributed by atoms with van der Waals surface area (Å²) in [6.07, 6.45) is 5.71. The van der Waals surface area contributed by atoms with E-state index in [0.29, 0.717) is 37.1 Å². The number of amides is 1. The molecule has 5 fully saturated rings. The van der Waals surface area contributed by atoms with Crippen LogP contribution in [-0.4, -0.2) is 47.5 Å². The van der Waals surface area contributed by atoms with Crippen molar-refractivity contribution in [3.63, 3.8) is 0 Å². The molecule has 3 atom stereocenters. The summed E-state index contributed by atoms with van der Waals surface area (Å²) in [4.78, 5) is 13.9. The molecule has 0 radical (unpaired) electrons. The molecule has 4 aliphatic carbocycles. The van der Waals surface area contributed by atoms with E-state index in [1.54, 1.807) is 19.1 Å². The summed E-state index contributed by atoms with van der Waals surface area (Å²) in [6, 6.07) is 7.14. The van der Waals surface area contributed by atoms with Crippen molar-refractivity contribution in [2.45, 2.75) is 100 Å². The lowest BCUT2D eigenvalue weighted by atomic mass is 9.52. The number of carbonyl (C=O) groups is 1. The average molecular weight is 475 g/mol. The Kier molecular flexibility index (Phi) is 5.32. The molecule has 2 N–H and O–H groups in total. The molecule has 4 saturated carbocycles. The fourth-order valence-electron chi connectivity index (χ4n) is 7.33. The van der Waals surface area contributed by atoms with Crippen molar-refractivity contribution in [1.82, 2.24) is 9.62 Å². The Morgan fingerprint density at radius 2 is 1.70 bits per heavy atom. The van der Waals surface area contributed by atoms with Crippen LogP contribution in [0.15, 0.2) is 29.2 Å². The number of hydrogen-bond acceptors (Lipinski definition) is 4. The van der Waals surface area contributed by atoms with Crippen molar-refractivity contribution in [1.29, 1.82) is 0 Å². The molecular weight excluding hydrogens is 436 g/mol. The van der Waals surface area contributed by atoms with E-state index in [-0.39, 0.29) is 22.3 Å². The molecule has 1 aromatic carbocycles. The summed E-state index contributed by atoms with van der Waals surface area (Å²) < 4.78 is 28.6. The first-order valence-electron chi connectivity index (χ1n) is 12.5. The summed E-state index contributed by atoms with van der Waals surface area (Å²) in [5.41, 5.74) is -0.626. The van der Waals surface area contributed by atoms with E-state index in [2.05, 4.69) is 26.1 Å². The Hall–Kier alpha value is -1.44. The Balaban J connectivity index is 1.36. The van der Waals surface area contributed by atoms with E-state index in [9.17, 15) is 18.3 Å². The summed E-state index contributed by atoms with van der Waals surface area (Å²) in [6.45, 7) is 8.43. The fourth-order valence-corrected chi connectivity index (χ4v) is 9.14.